The van der Waals surface area contributed by atoms with Crippen molar-refractivity contribution in [2.24, 2.45) is 0 Å². The Bertz CT molecular complexity index is 631. The van der Waals surface area contributed by atoms with E-state index in [4.69, 9.17) is 4.74 Å². The van der Waals surface area contributed by atoms with Crippen molar-refractivity contribution in [3.8, 4) is 0 Å². The molecule has 0 saturated carbocycles. The molecule has 122 valence electrons. The molecule has 2 nitrogen and oxygen atoms in total. The zero-order valence-electron chi connectivity index (χ0n) is 13.7. The van der Waals surface area contributed by atoms with Gasteiger partial charge < -0.3 is 9.64 Å². The highest BCUT2D eigenvalue weighted by molar-refractivity contribution is 5.85. The molecule has 1 aliphatic heterocycles. The Balaban J connectivity index is 0.00000156. The van der Waals surface area contributed by atoms with Crippen LogP contribution in [-0.2, 0) is 11.2 Å². The molecule has 1 heterocycles. The molecule has 0 N–H and O–H groups in total. The lowest BCUT2D eigenvalue weighted by Gasteiger charge is -2.20. The fraction of sp³-hybridized carbons (Fsp3) is 0.400. The second-order valence-electron chi connectivity index (χ2n) is 6.86. The van der Waals surface area contributed by atoms with Crippen LogP contribution in [0.4, 0.5) is 0 Å². The SMILES string of the molecule is CN(C)CC1CC2c3ccccc3Cc3ccccc3C2O1.Cl. The first-order valence-corrected chi connectivity index (χ1v) is 8.18. The molecule has 0 aromatic heterocycles. The van der Waals surface area contributed by atoms with Gasteiger partial charge in [-0.3, -0.25) is 0 Å². The Morgan fingerprint density at radius 1 is 0.957 bits per heavy atom. The minimum Gasteiger partial charge on any atom is -0.368 e. The number of fused-ring (bicyclic) bond motifs is 5. The molecule has 1 aliphatic carbocycles. The first kappa shape index (κ1) is 16.5. The van der Waals surface area contributed by atoms with Crippen molar-refractivity contribution >= 4 is 12.4 Å². The van der Waals surface area contributed by atoms with Gasteiger partial charge in [0.2, 0.25) is 0 Å². The summed E-state index contributed by atoms with van der Waals surface area (Å²) in [4.78, 5) is 2.23. The molecule has 0 bridgehead atoms. The molecule has 0 amide bonds. The molecule has 2 aromatic rings. The zero-order chi connectivity index (χ0) is 15.1. The van der Waals surface area contributed by atoms with Gasteiger partial charge in [0.1, 0.15) is 0 Å². The third-order valence-corrected chi connectivity index (χ3v) is 4.99. The van der Waals surface area contributed by atoms with Crippen LogP contribution >= 0.6 is 12.4 Å². The Morgan fingerprint density at radius 3 is 2.26 bits per heavy atom. The second-order valence-corrected chi connectivity index (χ2v) is 6.86. The fourth-order valence-electron chi connectivity index (χ4n) is 4.10. The van der Waals surface area contributed by atoms with E-state index in [-0.39, 0.29) is 18.5 Å². The quantitative estimate of drug-likeness (QED) is 0.819. The maximum Gasteiger partial charge on any atom is 0.0901 e. The van der Waals surface area contributed by atoms with E-state index in [1.807, 2.05) is 0 Å². The number of benzene rings is 2. The Morgan fingerprint density at radius 2 is 1.57 bits per heavy atom. The van der Waals surface area contributed by atoms with Crippen LogP contribution in [0.15, 0.2) is 48.5 Å². The molecule has 4 rings (SSSR count). The van der Waals surface area contributed by atoms with Crippen molar-refractivity contribution in [2.45, 2.75) is 31.0 Å². The molecule has 1 saturated heterocycles. The van der Waals surface area contributed by atoms with Gasteiger partial charge in [-0.2, -0.15) is 0 Å². The van der Waals surface area contributed by atoms with E-state index in [0.717, 1.165) is 19.4 Å². The van der Waals surface area contributed by atoms with E-state index in [1.165, 1.54) is 22.3 Å². The van der Waals surface area contributed by atoms with Crippen molar-refractivity contribution in [2.75, 3.05) is 20.6 Å². The minimum atomic E-state index is 0. The van der Waals surface area contributed by atoms with E-state index in [2.05, 4.69) is 67.5 Å². The summed E-state index contributed by atoms with van der Waals surface area (Å²) in [6.45, 7) is 0.997. The van der Waals surface area contributed by atoms with Crippen LogP contribution in [0, 0.1) is 0 Å². The minimum absolute atomic E-state index is 0. The van der Waals surface area contributed by atoms with Gasteiger partial charge in [-0.15, -0.1) is 12.4 Å². The number of nitrogens with zero attached hydrogens (tertiary/aromatic N) is 1. The molecule has 23 heavy (non-hydrogen) atoms. The summed E-state index contributed by atoms with van der Waals surface area (Å²) in [5, 5.41) is 0. The molecule has 0 radical (unpaired) electrons. The molecule has 3 unspecified atom stereocenters. The van der Waals surface area contributed by atoms with E-state index < -0.39 is 0 Å². The van der Waals surface area contributed by atoms with E-state index >= 15 is 0 Å². The molecule has 3 heteroatoms. The van der Waals surface area contributed by atoms with Crippen molar-refractivity contribution in [1.82, 2.24) is 4.90 Å². The number of likely N-dealkylation sites (N-methyl/N-ethyl adjacent to an activating group) is 1. The zero-order valence-corrected chi connectivity index (χ0v) is 14.6. The van der Waals surface area contributed by atoms with Crippen LogP contribution in [0.3, 0.4) is 0 Å². The second kappa shape index (κ2) is 6.64. The topological polar surface area (TPSA) is 12.5 Å². The van der Waals surface area contributed by atoms with Crippen LogP contribution in [0.2, 0.25) is 0 Å². The average Bonchev–Trinajstić information content (AvgIpc) is 2.85. The summed E-state index contributed by atoms with van der Waals surface area (Å²) < 4.78 is 6.50. The number of ether oxygens (including phenoxy) is 1. The number of hydrogen-bond acceptors (Lipinski definition) is 2. The molecule has 1 fully saturated rings. The van der Waals surface area contributed by atoms with E-state index in [9.17, 15) is 0 Å². The van der Waals surface area contributed by atoms with Crippen LogP contribution in [0.5, 0.6) is 0 Å². The summed E-state index contributed by atoms with van der Waals surface area (Å²) >= 11 is 0. The van der Waals surface area contributed by atoms with Crippen molar-refractivity contribution in [1.29, 1.82) is 0 Å². The predicted molar refractivity (Wildman–Crippen MR) is 96.5 cm³/mol. The summed E-state index contributed by atoms with van der Waals surface area (Å²) in [5.74, 6) is 0.491. The third-order valence-electron chi connectivity index (χ3n) is 4.99. The highest BCUT2D eigenvalue weighted by Gasteiger charge is 2.40. The van der Waals surface area contributed by atoms with Gasteiger partial charge in [-0.1, -0.05) is 48.5 Å². The van der Waals surface area contributed by atoms with Gasteiger partial charge in [-0.05, 0) is 49.2 Å². The summed E-state index contributed by atoms with van der Waals surface area (Å²) in [6.07, 6.45) is 2.68. The lowest BCUT2D eigenvalue weighted by atomic mass is 9.87. The summed E-state index contributed by atoms with van der Waals surface area (Å²) in [5.41, 5.74) is 5.78. The highest BCUT2D eigenvalue weighted by atomic mass is 35.5. The smallest absolute Gasteiger partial charge is 0.0901 e. The van der Waals surface area contributed by atoms with Gasteiger partial charge in [0.15, 0.2) is 0 Å². The molecule has 2 aliphatic rings. The largest absolute Gasteiger partial charge is 0.368 e. The van der Waals surface area contributed by atoms with Crippen molar-refractivity contribution in [3.05, 3.63) is 70.8 Å². The average molecular weight is 330 g/mol. The first-order chi connectivity index (χ1) is 10.7. The fourth-order valence-corrected chi connectivity index (χ4v) is 4.10. The molecular formula is C20H24ClNO. The van der Waals surface area contributed by atoms with Crippen molar-refractivity contribution in [3.63, 3.8) is 0 Å². The lowest BCUT2D eigenvalue weighted by Crippen LogP contribution is -2.25. The van der Waals surface area contributed by atoms with Gasteiger partial charge in [0, 0.05) is 12.5 Å². The third kappa shape index (κ3) is 3.03. The van der Waals surface area contributed by atoms with Crippen LogP contribution in [0.25, 0.3) is 0 Å². The maximum absolute atomic E-state index is 6.50. The summed E-state index contributed by atoms with van der Waals surface area (Å²) in [7, 11) is 4.25. The van der Waals surface area contributed by atoms with E-state index in [1.54, 1.807) is 0 Å². The number of hydrogen-bond donors (Lipinski definition) is 0. The van der Waals surface area contributed by atoms with Crippen molar-refractivity contribution < 1.29 is 4.74 Å². The van der Waals surface area contributed by atoms with Gasteiger partial charge in [0.25, 0.3) is 0 Å². The van der Waals surface area contributed by atoms with Gasteiger partial charge >= 0.3 is 0 Å². The number of halogens is 1. The summed E-state index contributed by atoms with van der Waals surface area (Å²) in [6, 6.07) is 17.7. The molecule has 0 spiro atoms. The highest BCUT2D eigenvalue weighted by Crippen LogP contribution is 2.49. The molecule has 3 atom stereocenters. The Kier molecular flexibility index (Phi) is 4.77. The Labute approximate surface area is 144 Å². The molecule has 2 aromatic carbocycles. The van der Waals surface area contributed by atoms with Crippen LogP contribution < -0.4 is 0 Å². The Hall–Kier alpha value is -1.35. The van der Waals surface area contributed by atoms with Gasteiger partial charge in [0.05, 0.1) is 12.2 Å². The normalized spacial score (nSPS) is 25.1. The first-order valence-electron chi connectivity index (χ1n) is 8.18. The number of rotatable bonds is 2. The van der Waals surface area contributed by atoms with Crippen LogP contribution in [-0.4, -0.2) is 31.6 Å². The van der Waals surface area contributed by atoms with Crippen LogP contribution in [0.1, 0.15) is 40.7 Å². The predicted octanol–water partition coefficient (Wildman–Crippen LogP) is 4.19. The maximum atomic E-state index is 6.50. The van der Waals surface area contributed by atoms with E-state index in [0.29, 0.717) is 12.0 Å². The monoisotopic (exact) mass is 329 g/mol. The standard InChI is InChI=1S/C20H23NO.ClH/c1-21(2)13-16-12-19-17-9-5-3-7-14(17)11-15-8-4-6-10-18(15)20(19)22-16;/h3-10,16,19-20H,11-13H2,1-2H3;1H. The van der Waals surface area contributed by atoms with Gasteiger partial charge in [-0.25, -0.2) is 0 Å². The lowest BCUT2D eigenvalue weighted by molar-refractivity contribution is 0.0272. The molecular weight excluding hydrogens is 306 g/mol.